The van der Waals surface area contributed by atoms with Crippen molar-refractivity contribution in [2.45, 2.75) is 54.9 Å². The summed E-state index contributed by atoms with van der Waals surface area (Å²) in [5, 5.41) is 12.5. The summed E-state index contributed by atoms with van der Waals surface area (Å²) < 4.78 is 14.6. The quantitative estimate of drug-likeness (QED) is 0.0957. The SMILES string of the molecule is CCOCC(C)(C)C.COOSOCC(C)(C)C.O=C(c1ccc(-n2ncnn2)cc1)C1CC(Cl)=CC=C1Cl. The molecule has 0 bridgehead atoms. The summed E-state index contributed by atoms with van der Waals surface area (Å²) in [6.07, 6.45) is 5.17. The molecule has 3 rings (SSSR count). The molecule has 39 heavy (non-hydrogen) atoms. The van der Waals surface area contributed by atoms with E-state index < -0.39 is 5.92 Å². The lowest BCUT2D eigenvalue weighted by atomic mass is 9.91. The van der Waals surface area contributed by atoms with Crippen molar-refractivity contribution >= 4 is 41.3 Å². The third kappa shape index (κ3) is 15.5. The molecule has 0 saturated carbocycles. The normalized spacial score (nSPS) is 15.3. The second-order valence-corrected chi connectivity index (χ2v) is 12.3. The minimum atomic E-state index is -0.417. The van der Waals surface area contributed by atoms with E-state index >= 15 is 0 Å². The molecule has 1 aliphatic rings. The van der Waals surface area contributed by atoms with Crippen LogP contribution in [0.15, 0.2) is 52.8 Å². The first kappa shape index (κ1) is 35.2. The van der Waals surface area contributed by atoms with Gasteiger partial charge >= 0.3 is 0 Å². The third-order valence-corrected chi connectivity index (χ3v) is 5.65. The molecule has 1 atom stereocenters. The molecule has 1 heterocycles. The van der Waals surface area contributed by atoms with Crippen LogP contribution in [0.25, 0.3) is 5.69 Å². The Kier molecular flexibility index (Phi) is 16.1. The average Bonchev–Trinajstić information content (AvgIpc) is 3.41. The van der Waals surface area contributed by atoms with Crippen LogP contribution in [0.4, 0.5) is 0 Å². The van der Waals surface area contributed by atoms with Crippen molar-refractivity contribution in [1.82, 2.24) is 20.2 Å². The first-order valence-corrected chi connectivity index (χ1v) is 13.9. The van der Waals surface area contributed by atoms with E-state index in [1.54, 1.807) is 36.4 Å². The minimum absolute atomic E-state index is 0.0550. The summed E-state index contributed by atoms with van der Waals surface area (Å²) in [6.45, 7) is 17.1. The Morgan fingerprint density at radius 2 is 1.69 bits per heavy atom. The number of hydrogen-bond donors (Lipinski definition) is 0. The van der Waals surface area contributed by atoms with Gasteiger partial charge in [0.25, 0.3) is 0 Å². The Hall–Kier alpha value is -1.79. The van der Waals surface area contributed by atoms with Gasteiger partial charge in [-0.05, 0) is 65.8 Å². The number of carbonyl (C=O) groups is 1. The van der Waals surface area contributed by atoms with Gasteiger partial charge in [0.2, 0.25) is 0 Å². The maximum absolute atomic E-state index is 12.5. The Morgan fingerprint density at radius 1 is 1.05 bits per heavy atom. The van der Waals surface area contributed by atoms with Crippen LogP contribution >= 0.6 is 35.5 Å². The molecule has 0 amide bonds. The lowest BCUT2D eigenvalue weighted by Crippen LogP contribution is -2.17. The van der Waals surface area contributed by atoms with Crippen molar-refractivity contribution in [3.05, 3.63) is 58.4 Å². The van der Waals surface area contributed by atoms with Gasteiger partial charge in [0.1, 0.15) is 0 Å². The van der Waals surface area contributed by atoms with Crippen LogP contribution in [0.3, 0.4) is 0 Å². The number of ketones is 1. The number of aromatic nitrogens is 4. The van der Waals surface area contributed by atoms with Gasteiger partial charge in [-0.1, -0.05) is 64.7 Å². The lowest BCUT2D eigenvalue weighted by Gasteiger charge is -2.17. The Morgan fingerprint density at radius 3 is 2.18 bits per heavy atom. The van der Waals surface area contributed by atoms with E-state index in [1.165, 1.54) is 18.2 Å². The molecule has 218 valence electrons. The first-order chi connectivity index (χ1) is 18.3. The van der Waals surface area contributed by atoms with Crippen molar-refractivity contribution in [3.63, 3.8) is 0 Å². The molecule has 0 fully saturated rings. The van der Waals surface area contributed by atoms with Gasteiger partial charge in [-0.3, -0.25) is 8.98 Å². The average molecular weight is 604 g/mol. The maximum atomic E-state index is 12.5. The van der Waals surface area contributed by atoms with E-state index in [0.29, 0.717) is 34.1 Å². The van der Waals surface area contributed by atoms with E-state index in [9.17, 15) is 4.79 Å². The minimum Gasteiger partial charge on any atom is -0.381 e. The highest BCUT2D eigenvalue weighted by molar-refractivity contribution is 7.89. The number of carbonyl (C=O) groups excluding carboxylic acids is 1. The van der Waals surface area contributed by atoms with Crippen LogP contribution in [0.5, 0.6) is 0 Å². The topological polar surface area (TPSA) is 97.6 Å². The summed E-state index contributed by atoms with van der Waals surface area (Å²) in [5.74, 6) is -0.472. The van der Waals surface area contributed by atoms with Gasteiger partial charge in [-0.15, -0.1) is 19.3 Å². The molecule has 0 N–H and O–H groups in total. The highest BCUT2D eigenvalue weighted by Gasteiger charge is 2.26. The zero-order chi connectivity index (χ0) is 29.5. The summed E-state index contributed by atoms with van der Waals surface area (Å²) in [5.41, 5.74) is 1.80. The fourth-order valence-electron chi connectivity index (χ4n) is 2.77. The number of hydrogen-bond acceptors (Lipinski definition) is 9. The second kappa shape index (κ2) is 17.8. The molecule has 0 aliphatic heterocycles. The van der Waals surface area contributed by atoms with E-state index in [0.717, 1.165) is 31.2 Å². The molecule has 1 aromatic carbocycles. The Balaban J connectivity index is 0.000000354. The van der Waals surface area contributed by atoms with Crippen LogP contribution in [0, 0.1) is 16.7 Å². The van der Waals surface area contributed by atoms with Gasteiger partial charge in [0.05, 0.1) is 31.9 Å². The van der Waals surface area contributed by atoms with Crippen molar-refractivity contribution < 1.29 is 22.9 Å². The van der Waals surface area contributed by atoms with Gasteiger partial charge in [-0.25, -0.2) is 4.89 Å². The lowest BCUT2D eigenvalue weighted by molar-refractivity contribution is -0.167. The number of benzene rings is 1. The maximum Gasteiger partial charge on any atom is 0.194 e. The molecule has 9 nitrogen and oxygen atoms in total. The molecule has 1 aromatic heterocycles. The number of nitrogens with zero attached hydrogens (tertiary/aromatic N) is 4. The van der Waals surface area contributed by atoms with Crippen LogP contribution < -0.4 is 0 Å². The van der Waals surface area contributed by atoms with E-state index in [4.69, 9.17) is 32.1 Å². The summed E-state index contributed by atoms with van der Waals surface area (Å²) in [6, 6.07) is 6.95. The molecule has 1 aliphatic carbocycles. The van der Waals surface area contributed by atoms with Gasteiger partial charge in [0, 0.05) is 22.2 Å². The molecule has 12 heteroatoms. The van der Waals surface area contributed by atoms with Crippen LogP contribution in [0.1, 0.15) is 65.2 Å². The monoisotopic (exact) mass is 602 g/mol. The smallest absolute Gasteiger partial charge is 0.194 e. The molecule has 0 radical (unpaired) electrons. The standard InChI is InChI=1S/C14H10Cl2N4O.C7H16O.C6H14O3S/c15-10-3-6-13(16)12(7-10)14(21)9-1-4-11(5-2-9)20-18-8-17-19-20;1-5-8-6-7(2,3)4;1-6(2,3)5-8-10-9-7-4/h1-6,8,12H,7H2;5-6H2,1-4H3;5H2,1-4H3. The predicted octanol–water partition coefficient (Wildman–Crippen LogP) is 7.37. The molecule has 1 unspecified atom stereocenters. The predicted molar refractivity (Wildman–Crippen MR) is 157 cm³/mol. The van der Waals surface area contributed by atoms with Gasteiger partial charge in [0.15, 0.2) is 24.4 Å². The number of allylic oxidation sites excluding steroid dienone is 4. The van der Waals surface area contributed by atoms with Crippen LogP contribution in [-0.2, 0) is 18.1 Å². The zero-order valence-corrected chi connectivity index (χ0v) is 26.3. The molecular weight excluding hydrogens is 563 g/mol. The number of ether oxygens (including phenoxy) is 1. The largest absolute Gasteiger partial charge is 0.381 e. The first-order valence-electron chi connectivity index (χ1n) is 12.4. The highest BCUT2D eigenvalue weighted by atomic mass is 35.5. The third-order valence-electron chi connectivity index (χ3n) is 4.58. The molecular formula is C27H40Cl2N4O5S. The van der Waals surface area contributed by atoms with Crippen LogP contribution in [-0.4, -0.2) is 52.9 Å². The van der Waals surface area contributed by atoms with Crippen molar-refractivity contribution in [1.29, 1.82) is 0 Å². The fourth-order valence-corrected chi connectivity index (χ4v) is 3.72. The molecule has 2 aromatic rings. The number of Topliss-reactive ketones (excluding diaryl/α,β-unsaturated/α-hetero) is 1. The summed E-state index contributed by atoms with van der Waals surface area (Å²) >= 11 is 12.9. The Labute approximate surface area is 246 Å². The van der Waals surface area contributed by atoms with E-state index in [2.05, 4.69) is 66.2 Å². The van der Waals surface area contributed by atoms with E-state index in [-0.39, 0.29) is 11.2 Å². The second-order valence-electron chi connectivity index (χ2n) is 10.9. The summed E-state index contributed by atoms with van der Waals surface area (Å²) in [4.78, 5) is 18.2. The van der Waals surface area contributed by atoms with Crippen molar-refractivity contribution in [2.24, 2.45) is 16.7 Å². The Bertz CT molecular complexity index is 1030. The van der Waals surface area contributed by atoms with E-state index in [1.807, 2.05) is 6.92 Å². The highest BCUT2D eigenvalue weighted by Crippen LogP contribution is 2.32. The van der Waals surface area contributed by atoms with Crippen molar-refractivity contribution in [3.8, 4) is 5.69 Å². The molecule has 0 spiro atoms. The molecule has 0 saturated heterocycles. The zero-order valence-electron chi connectivity index (χ0n) is 23.9. The van der Waals surface area contributed by atoms with Crippen molar-refractivity contribution in [2.75, 3.05) is 26.9 Å². The number of tetrazole rings is 1. The van der Waals surface area contributed by atoms with Gasteiger partial charge in [-0.2, -0.15) is 0 Å². The number of halogens is 2. The summed E-state index contributed by atoms with van der Waals surface area (Å²) in [7, 11) is 1.44. The van der Waals surface area contributed by atoms with Crippen LogP contribution in [0.2, 0.25) is 0 Å². The number of rotatable bonds is 9. The van der Waals surface area contributed by atoms with Gasteiger partial charge < -0.3 is 4.74 Å². The fraction of sp³-hybridized carbons (Fsp3) is 0.556.